The first-order valence-corrected chi connectivity index (χ1v) is 12.6. The van der Waals surface area contributed by atoms with E-state index in [0.29, 0.717) is 31.5 Å². The van der Waals surface area contributed by atoms with Crippen LogP contribution < -0.4 is 14.4 Å². The molecule has 0 radical (unpaired) electrons. The Kier molecular flexibility index (Phi) is 6.98. The third-order valence-electron chi connectivity index (χ3n) is 5.47. The number of piperidine rings is 1. The summed E-state index contributed by atoms with van der Waals surface area (Å²) in [6.45, 7) is 2.37. The van der Waals surface area contributed by atoms with E-state index in [1.165, 1.54) is 18.5 Å². The van der Waals surface area contributed by atoms with Crippen molar-refractivity contribution in [3.8, 4) is 17.5 Å². The van der Waals surface area contributed by atoms with Crippen LogP contribution in [0.4, 0.5) is 23.5 Å². The second kappa shape index (κ2) is 9.84. The Morgan fingerprint density at radius 2 is 1.75 bits per heavy atom. The Balaban J connectivity index is 1.42. The van der Waals surface area contributed by atoms with E-state index in [1.54, 1.807) is 11.8 Å². The maximum absolute atomic E-state index is 14.4. The Morgan fingerprint density at radius 3 is 2.39 bits per heavy atom. The number of aromatic nitrogens is 4. The molecule has 1 aliphatic rings. The molecule has 9 nitrogen and oxygen atoms in total. The van der Waals surface area contributed by atoms with Crippen LogP contribution in [0.15, 0.2) is 41.7 Å². The average Bonchev–Trinajstić information content (AvgIpc) is 2.82. The van der Waals surface area contributed by atoms with Crippen LogP contribution in [0.5, 0.6) is 17.5 Å². The fourth-order valence-corrected chi connectivity index (χ4v) is 4.16. The van der Waals surface area contributed by atoms with Crippen LogP contribution in [-0.4, -0.2) is 53.8 Å². The van der Waals surface area contributed by atoms with E-state index in [9.17, 15) is 26.0 Å². The Labute approximate surface area is 204 Å². The van der Waals surface area contributed by atoms with Gasteiger partial charge in [-0.05, 0) is 31.2 Å². The van der Waals surface area contributed by atoms with Gasteiger partial charge >= 0.3 is 6.18 Å². The summed E-state index contributed by atoms with van der Waals surface area (Å²) in [5.41, 5.74) is -0.606. The second-order valence-electron chi connectivity index (χ2n) is 8.12. The van der Waals surface area contributed by atoms with Crippen LogP contribution in [-0.2, 0) is 16.0 Å². The van der Waals surface area contributed by atoms with Crippen LogP contribution in [0.2, 0.25) is 0 Å². The van der Waals surface area contributed by atoms with Gasteiger partial charge in [-0.2, -0.15) is 13.2 Å². The molecular weight excluding hydrogens is 506 g/mol. The lowest BCUT2D eigenvalue weighted by Crippen LogP contribution is -2.39. The smallest absolute Gasteiger partial charge is 0.433 e. The van der Waals surface area contributed by atoms with Gasteiger partial charge < -0.3 is 14.4 Å². The van der Waals surface area contributed by atoms with E-state index in [4.69, 9.17) is 9.47 Å². The van der Waals surface area contributed by atoms with E-state index >= 15 is 0 Å². The van der Waals surface area contributed by atoms with E-state index in [0.717, 1.165) is 24.6 Å². The zero-order chi connectivity index (χ0) is 26.1. The molecule has 2 aromatic heterocycles. The second-order valence-corrected chi connectivity index (χ2v) is 10.1. The summed E-state index contributed by atoms with van der Waals surface area (Å²) in [6, 6.07) is 4.10. The van der Waals surface area contributed by atoms with Crippen molar-refractivity contribution in [1.29, 1.82) is 0 Å². The molecule has 0 atom stereocenters. The molecule has 0 bridgehead atoms. The van der Waals surface area contributed by atoms with Crippen LogP contribution in [0.1, 0.15) is 24.1 Å². The molecule has 0 saturated carbocycles. The van der Waals surface area contributed by atoms with Gasteiger partial charge in [-0.1, -0.05) is 0 Å². The first-order valence-electron chi connectivity index (χ1n) is 10.7. The summed E-state index contributed by atoms with van der Waals surface area (Å²) in [7, 11) is -3.58. The minimum atomic E-state index is -4.55. The first-order chi connectivity index (χ1) is 16.9. The first kappa shape index (κ1) is 25.5. The zero-order valence-corrected chi connectivity index (χ0v) is 20.0. The molecule has 0 amide bonds. The van der Waals surface area contributed by atoms with Crippen LogP contribution in [0.3, 0.4) is 0 Å². The largest absolute Gasteiger partial charge is 0.474 e. The highest BCUT2D eigenvalue weighted by molar-refractivity contribution is 7.90. The molecule has 0 spiro atoms. The summed E-state index contributed by atoms with van der Waals surface area (Å²) in [4.78, 5) is 17.1. The molecule has 1 aromatic carbocycles. The molecule has 0 aliphatic carbocycles. The summed E-state index contributed by atoms with van der Waals surface area (Å²) in [5, 5.41) is 0. The normalized spacial score (nSPS) is 15.1. The third-order valence-corrected chi connectivity index (χ3v) is 6.58. The predicted octanol–water partition coefficient (Wildman–Crippen LogP) is 3.98. The number of hydrogen-bond donors (Lipinski definition) is 0. The Bertz CT molecular complexity index is 1360. The zero-order valence-electron chi connectivity index (χ0n) is 19.2. The molecule has 36 heavy (non-hydrogen) atoms. The highest BCUT2D eigenvalue weighted by atomic mass is 32.2. The van der Waals surface area contributed by atoms with Crippen molar-refractivity contribution in [3.63, 3.8) is 0 Å². The fraction of sp³-hybridized carbons (Fsp3) is 0.364. The summed E-state index contributed by atoms with van der Waals surface area (Å²) < 4.78 is 87.9. The monoisotopic (exact) mass is 527 g/mol. The summed E-state index contributed by atoms with van der Waals surface area (Å²) in [5.74, 6) is -0.851. The van der Waals surface area contributed by atoms with Gasteiger partial charge in [0.1, 0.15) is 18.1 Å². The molecule has 4 rings (SSSR count). The lowest BCUT2D eigenvalue weighted by Gasteiger charge is -2.32. The maximum Gasteiger partial charge on any atom is 0.433 e. The Hall–Kier alpha value is -3.55. The maximum atomic E-state index is 14.4. The lowest BCUT2D eigenvalue weighted by molar-refractivity contribution is -0.141. The molecule has 192 valence electrons. The van der Waals surface area contributed by atoms with Crippen LogP contribution in [0, 0.1) is 12.7 Å². The molecule has 1 fully saturated rings. The van der Waals surface area contributed by atoms with Crippen molar-refractivity contribution in [3.05, 3.63) is 53.9 Å². The van der Waals surface area contributed by atoms with Gasteiger partial charge in [0.05, 0.1) is 10.5 Å². The Morgan fingerprint density at radius 1 is 1.06 bits per heavy atom. The van der Waals surface area contributed by atoms with Crippen molar-refractivity contribution in [2.75, 3.05) is 24.2 Å². The summed E-state index contributed by atoms with van der Waals surface area (Å²) in [6.07, 6.45) is -0.663. The van der Waals surface area contributed by atoms with Gasteiger partial charge in [-0.15, -0.1) is 0 Å². The highest BCUT2D eigenvalue weighted by Crippen LogP contribution is 2.32. The number of hydrogen-bond acceptors (Lipinski definition) is 9. The number of halogens is 4. The van der Waals surface area contributed by atoms with Gasteiger partial charge in [-0.25, -0.2) is 32.7 Å². The molecule has 1 saturated heterocycles. The molecule has 0 unspecified atom stereocenters. The molecule has 14 heteroatoms. The highest BCUT2D eigenvalue weighted by Gasteiger charge is 2.34. The standard InChI is InChI=1S/C22H21F4N5O4S/c1-13-19(28-12-29-20(13)35-17-4-3-15(11-16(17)23)36(2,32)33)34-14-6-9-31(10-7-14)21-27-8-5-18(30-21)22(24,25)26/h3-5,8,11-12,14H,6-7,9-10H2,1-2H3. The van der Waals surface area contributed by atoms with E-state index in [-0.39, 0.29) is 34.5 Å². The fourth-order valence-electron chi connectivity index (χ4n) is 3.53. The van der Waals surface area contributed by atoms with E-state index in [1.807, 2.05) is 0 Å². The number of rotatable bonds is 6. The van der Waals surface area contributed by atoms with Crippen molar-refractivity contribution in [2.45, 2.75) is 36.9 Å². The van der Waals surface area contributed by atoms with Crippen LogP contribution >= 0.6 is 0 Å². The van der Waals surface area contributed by atoms with Gasteiger partial charge in [0, 0.05) is 38.4 Å². The quantitative estimate of drug-likeness (QED) is 0.440. The van der Waals surface area contributed by atoms with E-state index in [2.05, 4.69) is 19.9 Å². The van der Waals surface area contributed by atoms with Crippen molar-refractivity contribution in [1.82, 2.24) is 19.9 Å². The van der Waals surface area contributed by atoms with Gasteiger partial charge in [-0.3, -0.25) is 0 Å². The molecule has 1 aliphatic heterocycles. The average molecular weight is 528 g/mol. The molecule has 3 aromatic rings. The minimum absolute atomic E-state index is 0.00101. The number of anilines is 1. The van der Waals surface area contributed by atoms with Gasteiger partial charge in [0.25, 0.3) is 0 Å². The third kappa shape index (κ3) is 5.80. The van der Waals surface area contributed by atoms with Crippen molar-refractivity contribution in [2.24, 2.45) is 0 Å². The molecule has 3 heterocycles. The van der Waals surface area contributed by atoms with Crippen molar-refractivity contribution >= 4 is 15.8 Å². The number of alkyl halides is 3. The molecular formula is C22H21F4N5O4S. The topological polar surface area (TPSA) is 107 Å². The van der Waals surface area contributed by atoms with E-state index < -0.39 is 27.5 Å². The van der Waals surface area contributed by atoms with Gasteiger partial charge in [0.15, 0.2) is 21.4 Å². The van der Waals surface area contributed by atoms with Crippen LogP contribution in [0.25, 0.3) is 0 Å². The minimum Gasteiger partial charge on any atom is -0.474 e. The SMILES string of the molecule is Cc1c(Oc2ccc(S(C)(=O)=O)cc2F)ncnc1OC1CCN(c2nccc(C(F)(F)F)n2)CC1. The summed E-state index contributed by atoms with van der Waals surface area (Å²) >= 11 is 0. The van der Waals surface area contributed by atoms with Gasteiger partial charge in [0.2, 0.25) is 17.7 Å². The lowest BCUT2D eigenvalue weighted by atomic mass is 10.1. The van der Waals surface area contributed by atoms with Crippen molar-refractivity contribution < 1.29 is 35.5 Å². The number of ether oxygens (including phenoxy) is 2. The molecule has 0 N–H and O–H groups in total. The number of benzene rings is 1. The number of sulfone groups is 1. The predicted molar refractivity (Wildman–Crippen MR) is 119 cm³/mol. The number of nitrogens with zero attached hydrogens (tertiary/aromatic N) is 5.